The van der Waals surface area contributed by atoms with Crippen molar-refractivity contribution in [2.45, 2.75) is 19.5 Å². The number of benzene rings is 2. The number of carbonyl (C=O) groups excluding carboxylic acids is 1. The zero-order valence-corrected chi connectivity index (χ0v) is 13.8. The normalized spacial score (nSPS) is 18.1. The van der Waals surface area contributed by atoms with Gasteiger partial charge in [-0.05, 0) is 31.2 Å². The number of nitrogens with zero attached hydrogens (tertiary/aromatic N) is 1. The lowest BCUT2D eigenvalue weighted by Crippen LogP contribution is -2.54. The maximum Gasteiger partial charge on any atom is 0.242 e. The number of aryl methyl sites for hydroxylation is 1. The summed E-state index contributed by atoms with van der Waals surface area (Å²) in [6, 6.07) is 14.4. The Balaban J connectivity index is 1.70. The van der Waals surface area contributed by atoms with E-state index in [1.165, 1.54) is 21.8 Å². The van der Waals surface area contributed by atoms with Gasteiger partial charge >= 0.3 is 0 Å². The first kappa shape index (κ1) is 15.2. The maximum absolute atomic E-state index is 12.4. The predicted molar refractivity (Wildman–Crippen MR) is 98.4 cm³/mol. The van der Waals surface area contributed by atoms with Gasteiger partial charge in [-0.1, -0.05) is 18.2 Å². The van der Waals surface area contributed by atoms with Gasteiger partial charge in [0.05, 0.1) is 6.04 Å². The fourth-order valence-corrected chi connectivity index (χ4v) is 3.54. The van der Waals surface area contributed by atoms with E-state index in [2.05, 4.69) is 63.8 Å². The third kappa shape index (κ3) is 2.56. The van der Waals surface area contributed by atoms with E-state index >= 15 is 0 Å². The van der Waals surface area contributed by atoms with Crippen molar-refractivity contribution >= 4 is 33.4 Å². The number of para-hydroxylation sites is 1. The standard InChI is InChI=1S/C19H22N4O/c1-2-23-17-6-4-3-5-14(17)15-11-13(7-8-18(15)23)22-19(24)16-12-20-9-10-21-16/h3-8,11,16,20-21H,2,9-10,12H2,1H3,(H,22,24). The van der Waals surface area contributed by atoms with Gasteiger partial charge in [0.2, 0.25) is 5.91 Å². The van der Waals surface area contributed by atoms with Gasteiger partial charge in [0.1, 0.15) is 0 Å². The molecule has 124 valence electrons. The van der Waals surface area contributed by atoms with Gasteiger partial charge in [-0.25, -0.2) is 0 Å². The van der Waals surface area contributed by atoms with Crippen LogP contribution in [0.4, 0.5) is 5.69 Å². The second-order valence-electron chi connectivity index (χ2n) is 6.19. The minimum absolute atomic E-state index is 0.0146. The molecule has 1 unspecified atom stereocenters. The second kappa shape index (κ2) is 6.26. The molecule has 1 aromatic heterocycles. The van der Waals surface area contributed by atoms with E-state index in [1.807, 2.05) is 6.07 Å². The summed E-state index contributed by atoms with van der Waals surface area (Å²) in [7, 11) is 0. The molecule has 1 atom stereocenters. The SMILES string of the molecule is CCn1c2ccccc2c2cc(NC(=O)C3CNCCN3)ccc21. The fourth-order valence-electron chi connectivity index (χ4n) is 3.54. The third-order valence-electron chi connectivity index (χ3n) is 4.71. The Morgan fingerprint density at radius 2 is 2.00 bits per heavy atom. The van der Waals surface area contributed by atoms with Gasteiger partial charge in [-0.2, -0.15) is 0 Å². The fraction of sp³-hybridized carbons (Fsp3) is 0.316. The molecular weight excluding hydrogens is 300 g/mol. The molecule has 0 spiro atoms. The van der Waals surface area contributed by atoms with Crippen LogP contribution >= 0.6 is 0 Å². The molecule has 24 heavy (non-hydrogen) atoms. The third-order valence-corrected chi connectivity index (χ3v) is 4.71. The van der Waals surface area contributed by atoms with Crippen LogP contribution in [0.2, 0.25) is 0 Å². The molecule has 5 heteroatoms. The molecule has 1 amide bonds. The average Bonchev–Trinajstić information content (AvgIpc) is 2.95. The molecule has 1 saturated heterocycles. The first-order valence-electron chi connectivity index (χ1n) is 8.54. The summed E-state index contributed by atoms with van der Waals surface area (Å²) in [5.41, 5.74) is 3.28. The van der Waals surface area contributed by atoms with E-state index in [-0.39, 0.29) is 11.9 Å². The minimum atomic E-state index is -0.175. The quantitative estimate of drug-likeness (QED) is 0.693. The molecule has 1 aliphatic rings. The Morgan fingerprint density at radius 3 is 2.79 bits per heavy atom. The highest BCUT2D eigenvalue weighted by molar-refractivity contribution is 6.10. The van der Waals surface area contributed by atoms with Crippen LogP contribution in [0.15, 0.2) is 42.5 Å². The number of carbonyl (C=O) groups is 1. The molecule has 2 heterocycles. The van der Waals surface area contributed by atoms with Gasteiger partial charge < -0.3 is 20.5 Å². The summed E-state index contributed by atoms with van der Waals surface area (Å²) in [4.78, 5) is 12.4. The molecule has 0 bridgehead atoms. The van der Waals surface area contributed by atoms with Crippen molar-refractivity contribution in [2.75, 3.05) is 25.0 Å². The van der Waals surface area contributed by atoms with Crippen molar-refractivity contribution in [3.63, 3.8) is 0 Å². The zero-order chi connectivity index (χ0) is 16.5. The minimum Gasteiger partial charge on any atom is -0.341 e. The highest BCUT2D eigenvalue weighted by Gasteiger charge is 2.20. The Labute approximate surface area is 141 Å². The van der Waals surface area contributed by atoms with Crippen molar-refractivity contribution in [1.82, 2.24) is 15.2 Å². The van der Waals surface area contributed by atoms with Gasteiger partial charge in [-0.3, -0.25) is 4.79 Å². The van der Waals surface area contributed by atoms with Crippen LogP contribution in [0.5, 0.6) is 0 Å². The lowest BCUT2D eigenvalue weighted by molar-refractivity contribution is -0.118. The molecule has 4 rings (SSSR count). The molecule has 3 aromatic rings. The number of hydrogen-bond acceptors (Lipinski definition) is 3. The summed E-state index contributed by atoms with van der Waals surface area (Å²) in [6.45, 7) is 5.48. The van der Waals surface area contributed by atoms with Crippen LogP contribution in [0.25, 0.3) is 21.8 Å². The summed E-state index contributed by atoms with van der Waals surface area (Å²) < 4.78 is 2.31. The molecule has 0 saturated carbocycles. The molecule has 2 aromatic carbocycles. The molecule has 0 aliphatic carbocycles. The van der Waals surface area contributed by atoms with Crippen LogP contribution in [0.3, 0.4) is 0 Å². The molecule has 5 nitrogen and oxygen atoms in total. The van der Waals surface area contributed by atoms with Crippen molar-refractivity contribution in [1.29, 1.82) is 0 Å². The number of rotatable bonds is 3. The predicted octanol–water partition coefficient (Wildman–Crippen LogP) is 2.31. The van der Waals surface area contributed by atoms with Gasteiger partial charge in [-0.15, -0.1) is 0 Å². The van der Waals surface area contributed by atoms with Gasteiger partial charge in [0, 0.05) is 53.7 Å². The smallest absolute Gasteiger partial charge is 0.242 e. The largest absolute Gasteiger partial charge is 0.341 e. The van der Waals surface area contributed by atoms with E-state index < -0.39 is 0 Å². The Hall–Kier alpha value is -2.37. The van der Waals surface area contributed by atoms with E-state index in [0.717, 1.165) is 25.3 Å². The zero-order valence-electron chi connectivity index (χ0n) is 13.8. The van der Waals surface area contributed by atoms with Crippen molar-refractivity contribution in [2.24, 2.45) is 0 Å². The van der Waals surface area contributed by atoms with Crippen LogP contribution < -0.4 is 16.0 Å². The highest BCUT2D eigenvalue weighted by atomic mass is 16.2. The Bertz CT molecular complexity index is 893. The van der Waals surface area contributed by atoms with Gasteiger partial charge in [0.15, 0.2) is 0 Å². The number of fused-ring (bicyclic) bond motifs is 3. The summed E-state index contributed by atoms with van der Waals surface area (Å²) in [5, 5.41) is 11.9. The lowest BCUT2D eigenvalue weighted by Gasteiger charge is -2.23. The van der Waals surface area contributed by atoms with E-state index in [9.17, 15) is 4.79 Å². The lowest BCUT2D eigenvalue weighted by atomic mass is 10.1. The van der Waals surface area contributed by atoms with Crippen LogP contribution in [0, 0.1) is 0 Å². The van der Waals surface area contributed by atoms with Crippen molar-refractivity contribution in [3.8, 4) is 0 Å². The average molecular weight is 322 g/mol. The molecule has 1 aliphatic heterocycles. The molecule has 1 fully saturated rings. The highest BCUT2D eigenvalue weighted by Crippen LogP contribution is 2.30. The van der Waals surface area contributed by atoms with Gasteiger partial charge in [0.25, 0.3) is 0 Å². The molecular formula is C19H22N4O. The Kier molecular flexibility index (Phi) is 3.96. The van der Waals surface area contributed by atoms with Crippen LogP contribution in [0.1, 0.15) is 6.92 Å². The number of aromatic nitrogens is 1. The first-order chi connectivity index (χ1) is 11.8. The summed E-state index contributed by atoms with van der Waals surface area (Å²) >= 11 is 0. The number of nitrogens with one attached hydrogen (secondary N) is 3. The maximum atomic E-state index is 12.4. The summed E-state index contributed by atoms with van der Waals surface area (Å²) in [6.07, 6.45) is 0. The number of anilines is 1. The van der Waals surface area contributed by atoms with E-state index in [4.69, 9.17) is 0 Å². The van der Waals surface area contributed by atoms with Crippen molar-refractivity contribution < 1.29 is 4.79 Å². The summed E-state index contributed by atoms with van der Waals surface area (Å²) in [5.74, 6) is 0.0146. The molecule has 0 radical (unpaired) electrons. The van der Waals surface area contributed by atoms with Crippen LogP contribution in [-0.2, 0) is 11.3 Å². The first-order valence-corrected chi connectivity index (χ1v) is 8.54. The van der Waals surface area contributed by atoms with Crippen molar-refractivity contribution in [3.05, 3.63) is 42.5 Å². The number of amides is 1. The Morgan fingerprint density at radius 1 is 1.17 bits per heavy atom. The number of hydrogen-bond donors (Lipinski definition) is 3. The number of piperazine rings is 1. The monoisotopic (exact) mass is 322 g/mol. The van der Waals surface area contributed by atoms with E-state index in [0.29, 0.717) is 6.54 Å². The van der Waals surface area contributed by atoms with E-state index in [1.54, 1.807) is 0 Å². The topological polar surface area (TPSA) is 58.1 Å². The second-order valence-corrected chi connectivity index (χ2v) is 6.19. The van der Waals surface area contributed by atoms with Crippen LogP contribution in [-0.4, -0.2) is 36.2 Å². The molecule has 3 N–H and O–H groups in total.